The highest BCUT2D eigenvalue weighted by Gasteiger charge is 2.40. The monoisotopic (exact) mass is 1080 g/mol. The molecule has 0 aromatic heterocycles. The molecule has 2 fully saturated rings. The van der Waals surface area contributed by atoms with Crippen LogP contribution >= 0.6 is 0 Å². The van der Waals surface area contributed by atoms with Crippen LogP contribution in [0.25, 0.3) is 0 Å². The Balaban J connectivity index is 0.914. The molecule has 0 unspecified atom stereocenters. The van der Waals surface area contributed by atoms with E-state index in [9.17, 15) is 38.4 Å². The van der Waals surface area contributed by atoms with Crippen LogP contribution in [-0.2, 0) is 38.4 Å². The molecule has 19 heteroatoms. The van der Waals surface area contributed by atoms with Crippen LogP contribution in [0.5, 0.6) is 0 Å². The third-order valence-electron chi connectivity index (χ3n) is 14.7. The van der Waals surface area contributed by atoms with Crippen LogP contribution in [0.1, 0.15) is 112 Å². The minimum Gasteiger partial charge on any atom is -0.355 e. The van der Waals surface area contributed by atoms with Crippen molar-refractivity contribution in [2.45, 2.75) is 126 Å². The molecule has 2 saturated heterocycles. The maximum atomic E-state index is 14.2. The molecule has 8 amide bonds. The van der Waals surface area contributed by atoms with E-state index in [-0.39, 0.29) is 60.3 Å². The van der Waals surface area contributed by atoms with Crippen molar-refractivity contribution in [3.05, 3.63) is 144 Å². The first-order valence-corrected chi connectivity index (χ1v) is 27.9. The molecule has 2 aliphatic heterocycles. The molecule has 6 rings (SSSR count). The van der Waals surface area contributed by atoms with Crippen molar-refractivity contribution >= 4 is 47.3 Å². The smallest absolute Gasteiger partial charge is 0.245 e. The number of unbranched alkanes of at least 4 members (excludes halogenated alkanes) is 2. The highest BCUT2D eigenvalue weighted by Crippen LogP contribution is 2.27. The minimum absolute atomic E-state index is 0.108. The van der Waals surface area contributed by atoms with Crippen LogP contribution in [-0.4, -0.2) is 147 Å². The van der Waals surface area contributed by atoms with Crippen molar-refractivity contribution in [3.63, 3.8) is 0 Å². The van der Waals surface area contributed by atoms with Crippen LogP contribution < -0.4 is 47.9 Å². The number of hydrogen-bond donors (Lipinski definition) is 9. The summed E-state index contributed by atoms with van der Waals surface area (Å²) < 4.78 is 0. The van der Waals surface area contributed by atoms with Crippen molar-refractivity contribution in [2.75, 3.05) is 53.4 Å². The fraction of sp³-hybridized carbons (Fsp3) is 0.467. The van der Waals surface area contributed by atoms with Gasteiger partial charge in [-0.3, -0.25) is 43.7 Å². The average molecular weight is 1080 g/mol. The largest absolute Gasteiger partial charge is 0.355 e. The highest BCUT2D eigenvalue weighted by atomic mass is 16.2. The van der Waals surface area contributed by atoms with E-state index in [2.05, 4.69) is 47.9 Å². The Kier molecular flexibility index (Phi) is 24.5. The Bertz CT molecular complexity index is 2340. The van der Waals surface area contributed by atoms with Gasteiger partial charge < -0.3 is 52.3 Å². The van der Waals surface area contributed by atoms with Gasteiger partial charge in [0, 0.05) is 26.2 Å². The first-order valence-electron chi connectivity index (χ1n) is 27.9. The number of likely N-dealkylation sites (N-methyl/N-ethyl adjacent to an activating group) is 2. The zero-order chi connectivity index (χ0) is 56.5. The number of rotatable bonds is 30. The molecular formula is C60H81N11O8. The summed E-state index contributed by atoms with van der Waals surface area (Å²) >= 11 is 0. The molecule has 4 aromatic rings. The van der Waals surface area contributed by atoms with E-state index in [0.717, 1.165) is 22.3 Å². The predicted molar refractivity (Wildman–Crippen MR) is 303 cm³/mol. The highest BCUT2D eigenvalue weighted by molar-refractivity contribution is 5.95. The second kappa shape index (κ2) is 31.8. The summed E-state index contributed by atoms with van der Waals surface area (Å²) in [4.78, 5) is 111. The topological polar surface area (TPSA) is 251 Å². The molecule has 6 atom stereocenters. The summed E-state index contributed by atoms with van der Waals surface area (Å²) in [5.74, 6) is -2.51. The second-order valence-corrected chi connectivity index (χ2v) is 20.3. The van der Waals surface area contributed by atoms with E-state index >= 15 is 0 Å². The summed E-state index contributed by atoms with van der Waals surface area (Å²) in [5.41, 5.74) is 3.66. The van der Waals surface area contributed by atoms with Gasteiger partial charge in [0.15, 0.2) is 0 Å². The Morgan fingerprint density at radius 2 is 0.797 bits per heavy atom. The second-order valence-electron chi connectivity index (χ2n) is 20.3. The third-order valence-corrected chi connectivity index (χ3v) is 14.7. The van der Waals surface area contributed by atoms with Crippen molar-refractivity contribution in [3.8, 4) is 0 Å². The first-order chi connectivity index (χ1) is 38.3. The molecule has 0 aliphatic carbocycles. The van der Waals surface area contributed by atoms with Crippen LogP contribution in [0.3, 0.4) is 0 Å². The maximum Gasteiger partial charge on any atom is 0.245 e. The van der Waals surface area contributed by atoms with Gasteiger partial charge in [-0.2, -0.15) is 0 Å². The molecule has 0 bridgehead atoms. The predicted octanol–water partition coefficient (Wildman–Crippen LogP) is 3.13. The lowest BCUT2D eigenvalue weighted by molar-refractivity contribution is -0.142. The first kappa shape index (κ1) is 60.7. The van der Waals surface area contributed by atoms with Crippen molar-refractivity contribution in [1.82, 2.24) is 57.7 Å². The summed E-state index contributed by atoms with van der Waals surface area (Å²) in [5, 5.41) is 26.5. The molecule has 79 heavy (non-hydrogen) atoms. The fourth-order valence-corrected chi connectivity index (χ4v) is 9.97. The summed E-state index contributed by atoms with van der Waals surface area (Å²) in [7, 11) is 3.32. The van der Waals surface area contributed by atoms with Crippen LogP contribution in [0.2, 0.25) is 0 Å². The molecule has 424 valence electrons. The van der Waals surface area contributed by atoms with E-state index in [0.29, 0.717) is 90.4 Å². The summed E-state index contributed by atoms with van der Waals surface area (Å²) in [6.45, 7) is 4.55. The quantitative estimate of drug-likeness (QED) is 0.0343. The van der Waals surface area contributed by atoms with E-state index in [1.54, 1.807) is 37.7 Å². The van der Waals surface area contributed by atoms with E-state index in [1.165, 1.54) is 0 Å². The van der Waals surface area contributed by atoms with Crippen molar-refractivity contribution in [2.24, 2.45) is 0 Å². The molecule has 0 radical (unpaired) electrons. The van der Waals surface area contributed by atoms with Crippen LogP contribution in [0, 0.1) is 0 Å². The lowest BCUT2D eigenvalue weighted by Crippen LogP contribution is -2.55. The number of benzene rings is 4. The Morgan fingerprint density at radius 1 is 0.468 bits per heavy atom. The summed E-state index contributed by atoms with van der Waals surface area (Å²) in [6.07, 6.45) is 4.85. The third kappa shape index (κ3) is 18.3. The lowest BCUT2D eigenvalue weighted by Gasteiger charge is -2.30. The number of carbonyl (C=O) groups is 8. The number of nitrogens with zero attached hydrogens (tertiary/aromatic N) is 2. The molecule has 0 spiro atoms. The number of amides is 8. The maximum absolute atomic E-state index is 14.2. The lowest BCUT2D eigenvalue weighted by atomic mass is 9.98. The van der Waals surface area contributed by atoms with E-state index in [1.807, 2.05) is 121 Å². The van der Waals surface area contributed by atoms with Crippen molar-refractivity contribution in [1.29, 1.82) is 0 Å². The number of nitrogens with one attached hydrogen (secondary N) is 9. The zero-order valence-electron chi connectivity index (χ0n) is 46.1. The van der Waals surface area contributed by atoms with Gasteiger partial charge in [0.2, 0.25) is 47.3 Å². The molecule has 0 saturated carbocycles. The zero-order valence-corrected chi connectivity index (χ0v) is 46.1. The van der Waals surface area contributed by atoms with E-state index in [4.69, 9.17) is 0 Å². The molecule has 19 nitrogen and oxygen atoms in total. The van der Waals surface area contributed by atoms with Crippen LogP contribution in [0.4, 0.5) is 0 Å². The Morgan fingerprint density at radius 3 is 1.11 bits per heavy atom. The number of hydrogen-bond acceptors (Lipinski definition) is 11. The molecule has 4 aromatic carbocycles. The van der Waals surface area contributed by atoms with Gasteiger partial charge in [-0.15, -0.1) is 0 Å². The van der Waals surface area contributed by atoms with Gasteiger partial charge in [-0.1, -0.05) is 121 Å². The van der Waals surface area contributed by atoms with Crippen molar-refractivity contribution < 1.29 is 38.4 Å². The van der Waals surface area contributed by atoms with E-state index < -0.39 is 48.3 Å². The Labute approximate surface area is 464 Å². The van der Waals surface area contributed by atoms with Gasteiger partial charge in [0.25, 0.3) is 0 Å². The minimum atomic E-state index is -0.884. The molecular weight excluding hydrogens is 1000 g/mol. The van der Waals surface area contributed by atoms with Gasteiger partial charge in [0.1, 0.15) is 24.2 Å². The normalized spacial score (nSPS) is 16.6. The Hall–Kier alpha value is -7.48. The van der Waals surface area contributed by atoms with Gasteiger partial charge >= 0.3 is 0 Å². The average Bonchev–Trinajstić information content (AvgIpc) is 4.21. The SMILES string of the molecule is CN[C@@H](C)C(=O)N[C@@H](CCCCNC(=O)CNCC(=O)NCCCC[C@H](NC(=O)[C@H](C)NC)C(=O)N1CCC[C@H]1C(=O)NC(c1ccccc1)c1ccccc1)C(=O)N1CCC[C@H]1C(=O)NC(c1ccccc1)c1ccccc1. The molecule has 2 aliphatic rings. The number of likely N-dealkylation sites (tertiary alicyclic amines) is 2. The number of carbonyl (C=O) groups excluding carboxylic acids is 8. The molecule has 9 N–H and O–H groups in total. The van der Waals surface area contributed by atoms with Gasteiger partial charge in [0.05, 0.1) is 37.3 Å². The molecule has 2 heterocycles. The van der Waals surface area contributed by atoms with Gasteiger partial charge in [-0.25, -0.2) is 0 Å². The standard InChI is InChI=1S/C60H81N11O8/c1-41(61-3)55(74)66-47(59(78)70-37-21-33-49(70)57(76)68-53(43-23-9-5-10-24-43)44-25-11-6-12-26-44)31-17-19-35-64-51(72)39-63-40-52(73)65-36-20-18-32-48(67-56(75)42(2)62-4)60(79)71-38-22-34-50(71)58(77)69-54(45-27-13-7-14-28-45)46-29-15-8-16-30-46/h5-16,23-30,41-42,47-50,53-54,61-63H,17-22,31-40H2,1-4H3,(H,64,72)(H,65,73)(H,66,74)(H,67,75)(H,68,76)(H,69,77)/t41-,42-,47-,48-,49-,50-/m0/s1. The van der Waals surface area contributed by atoms with Gasteiger partial charge in [-0.05, 0) is 114 Å². The van der Waals surface area contributed by atoms with Crippen LogP contribution in [0.15, 0.2) is 121 Å². The fourth-order valence-electron chi connectivity index (χ4n) is 9.97. The summed E-state index contributed by atoms with van der Waals surface area (Å²) in [6, 6.07) is 33.5.